The van der Waals surface area contributed by atoms with E-state index in [1.54, 1.807) is 0 Å². The second-order valence-electron chi connectivity index (χ2n) is 16.3. The lowest BCUT2D eigenvalue weighted by molar-refractivity contribution is 0.555. The topological polar surface area (TPSA) is 89.8 Å². The van der Waals surface area contributed by atoms with Gasteiger partial charge in [-0.3, -0.25) is 0 Å². The fourth-order valence-corrected chi connectivity index (χ4v) is 9.51. The van der Waals surface area contributed by atoms with Gasteiger partial charge in [-0.1, -0.05) is 117 Å². The van der Waals surface area contributed by atoms with Crippen LogP contribution in [0.2, 0.25) is 0 Å². The molecule has 8 heteroatoms. The summed E-state index contributed by atoms with van der Waals surface area (Å²) in [4.78, 5) is 40.2. The molecular weight excluding hydrogens is 749 g/mol. The van der Waals surface area contributed by atoms with Gasteiger partial charge >= 0.3 is 0 Å². The van der Waals surface area contributed by atoms with E-state index in [0.29, 0.717) is 29.2 Å². The summed E-state index contributed by atoms with van der Waals surface area (Å²) in [6.07, 6.45) is 2.54. The Morgan fingerprint density at radius 3 is 1.18 bits per heavy atom. The quantitative estimate of drug-likeness (QED) is 0.163. The van der Waals surface area contributed by atoms with Crippen LogP contribution < -0.4 is 0 Å². The molecule has 8 nitrogen and oxygen atoms in total. The molecule has 0 amide bonds. The van der Waals surface area contributed by atoms with Gasteiger partial charge in [-0.15, -0.1) is 0 Å². The maximum Gasteiger partial charge on any atom is 0.170 e. The van der Waals surface area contributed by atoms with Crippen LogP contribution in [0.15, 0.2) is 181 Å². The summed E-state index contributed by atoms with van der Waals surface area (Å²) >= 11 is 0. The minimum atomic E-state index is -0.577. The first-order chi connectivity index (χ1) is 30.1. The Balaban J connectivity index is 1.13. The highest BCUT2D eigenvalue weighted by Crippen LogP contribution is 2.39. The van der Waals surface area contributed by atoms with Gasteiger partial charge in [0.25, 0.3) is 0 Å². The van der Waals surface area contributed by atoms with Crippen molar-refractivity contribution in [3.63, 3.8) is 0 Å². The molecule has 0 radical (unpaired) electrons. The van der Waals surface area contributed by atoms with Crippen molar-refractivity contribution in [1.29, 1.82) is 0 Å². The van der Waals surface area contributed by atoms with Gasteiger partial charge in [0.1, 0.15) is 11.7 Å². The molecule has 13 rings (SSSR count). The van der Waals surface area contributed by atoms with Crippen molar-refractivity contribution in [2.75, 3.05) is 6.54 Å². The molecule has 8 aromatic carbocycles. The van der Waals surface area contributed by atoms with Crippen molar-refractivity contribution in [2.24, 2.45) is 34.9 Å². The third-order valence-electron chi connectivity index (χ3n) is 12.6. The highest BCUT2D eigenvalue weighted by atomic mass is 15.3. The molecule has 0 saturated carbocycles. The first-order valence-electron chi connectivity index (χ1n) is 21.1. The average Bonchev–Trinajstić information content (AvgIpc) is 4.02. The molecule has 5 heterocycles. The molecule has 0 aliphatic carbocycles. The van der Waals surface area contributed by atoms with E-state index >= 15 is 0 Å². The monoisotopic (exact) mass is 784 g/mol. The summed E-state index contributed by atoms with van der Waals surface area (Å²) in [5, 5.41) is 8.99. The lowest BCUT2D eigenvalue weighted by Crippen LogP contribution is -2.37. The molecular formula is C53H36N8. The van der Waals surface area contributed by atoms with Gasteiger partial charge in [-0.2, -0.15) is 0 Å². The molecule has 0 aromatic heterocycles. The van der Waals surface area contributed by atoms with Crippen molar-refractivity contribution >= 4 is 83.9 Å². The Bertz CT molecular complexity index is 3510. The zero-order valence-corrected chi connectivity index (χ0v) is 33.3. The van der Waals surface area contributed by atoms with Crippen LogP contribution in [0.1, 0.15) is 76.9 Å². The Hall–Kier alpha value is -7.71. The van der Waals surface area contributed by atoms with E-state index in [1.165, 1.54) is 0 Å². The van der Waals surface area contributed by atoms with Crippen molar-refractivity contribution in [2.45, 2.75) is 32.4 Å². The van der Waals surface area contributed by atoms with Gasteiger partial charge in [0, 0.05) is 51.1 Å². The van der Waals surface area contributed by atoms with Gasteiger partial charge in [0.2, 0.25) is 0 Å². The van der Waals surface area contributed by atoms with Crippen LogP contribution in [0.4, 0.5) is 0 Å². The number of rotatable bonds is 4. The lowest BCUT2D eigenvalue weighted by atomic mass is 9.98. The smallest absolute Gasteiger partial charge is 0.170 e. The number of fused-ring (bicyclic) bond motifs is 20. The first kappa shape index (κ1) is 34.2. The number of hydrogen-bond donors (Lipinski definition) is 0. The van der Waals surface area contributed by atoms with Crippen molar-refractivity contribution in [1.82, 2.24) is 4.90 Å². The molecule has 5 aliphatic rings. The summed E-state index contributed by atoms with van der Waals surface area (Å²) in [5.41, 5.74) is 7.75. The Morgan fingerprint density at radius 1 is 0.377 bits per heavy atom. The SMILES string of the molecule is CCCCCN1C2=NC(=NC3=NC(=NC4N=C(N=C5N=C1c1cc6ccccc6cc15)c1cc5ccccc5cc14)c1cc4ccccc4cc13)c1cc3ccccc3cc12. The molecule has 1 unspecified atom stereocenters. The van der Waals surface area contributed by atoms with Crippen LogP contribution in [-0.4, -0.2) is 52.3 Å². The Morgan fingerprint density at radius 2 is 0.721 bits per heavy atom. The fraction of sp³-hybridized carbons (Fsp3) is 0.113. The van der Waals surface area contributed by atoms with Crippen molar-refractivity contribution in [3.8, 4) is 0 Å². The Labute approximate surface area is 351 Å². The third-order valence-corrected chi connectivity index (χ3v) is 12.6. The maximum absolute atomic E-state index is 5.51. The van der Waals surface area contributed by atoms with E-state index in [-0.39, 0.29) is 0 Å². The van der Waals surface area contributed by atoms with E-state index in [2.05, 4.69) is 157 Å². The van der Waals surface area contributed by atoms with E-state index in [4.69, 9.17) is 34.9 Å². The van der Waals surface area contributed by atoms with Crippen molar-refractivity contribution < 1.29 is 0 Å². The van der Waals surface area contributed by atoms with Crippen LogP contribution in [0.5, 0.6) is 0 Å². The number of benzene rings is 8. The number of nitrogens with zero attached hydrogens (tertiary/aromatic N) is 8. The molecule has 0 fully saturated rings. The first-order valence-corrected chi connectivity index (χ1v) is 21.1. The van der Waals surface area contributed by atoms with Crippen LogP contribution in [0.25, 0.3) is 43.1 Å². The predicted octanol–water partition coefficient (Wildman–Crippen LogP) is 11.2. The fourth-order valence-electron chi connectivity index (χ4n) is 9.51. The molecule has 0 saturated heterocycles. The number of hydrogen-bond acceptors (Lipinski definition) is 8. The van der Waals surface area contributed by atoms with Gasteiger partial charge in [0.15, 0.2) is 35.3 Å². The van der Waals surface area contributed by atoms with E-state index < -0.39 is 6.17 Å². The lowest BCUT2D eigenvalue weighted by Gasteiger charge is -2.25. The number of unbranched alkanes of at least 4 members (excludes halogenated alkanes) is 2. The molecule has 1 atom stereocenters. The zero-order valence-electron chi connectivity index (χ0n) is 33.3. The van der Waals surface area contributed by atoms with E-state index in [1.807, 2.05) is 0 Å². The molecule has 5 aliphatic heterocycles. The summed E-state index contributed by atoms with van der Waals surface area (Å²) in [7, 11) is 0. The normalized spacial score (nSPS) is 17.0. The van der Waals surface area contributed by atoms with Crippen LogP contribution >= 0.6 is 0 Å². The summed E-state index contributed by atoms with van der Waals surface area (Å²) < 4.78 is 0. The average molecular weight is 785 g/mol. The second-order valence-corrected chi connectivity index (χ2v) is 16.3. The Kier molecular flexibility index (Phi) is 7.37. The molecule has 61 heavy (non-hydrogen) atoms. The number of aliphatic imine (C=N–C) groups is 7. The number of amidine groups is 7. The second kappa shape index (κ2) is 13.1. The molecule has 0 N–H and O–H groups in total. The molecule has 0 spiro atoms. The van der Waals surface area contributed by atoms with Gasteiger partial charge in [-0.05, 0) is 98.0 Å². The van der Waals surface area contributed by atoms with Gasteiger partial charge in [0.05, 0.1) is 0 Å². The predicted molar refractivity (Wildman–Crippen MR) is 251 cm³/mol. The highest BCUT2D eigenvalue weighted by molar-refractivity contribution is 6.35. The third kappa shape index (κ3) is 5.35. The van der Waals surface area contributed by atoms with Gasteiger partial charge in [-0.25, -0.2) is 34.9 Å². The van der Waals surface area contributed by atoms with Crippen LogP contribution in [0, 0.1) is 0 Å². The largest absolute Gasteiger partial charge is 0.310 e. The summed E-state index contributed by atoms with van der Waals surface area (Å²) in [6.45, 7) is 2.96. The standard InChI is InChI=1S/C53H36N8/c1-2-3-12-21-61-52-44-28-36-19-10-8-17-34(36)26-42(44)50(59-52)57-48-40-24-32-15-6-4-13-30(32)22-38(40)46(55-48)54-47-39-23-31-14-5-7-16-33(31)25-41(39)49(56-47)58-51-43-27-35-18-9-11-20-37(35)29-45(43)53(61)60-51/h4-11,13-20,22-29,46H,2-3,12,21H2,1H3. The zero-order chi connectivity index (χ0) is 40.2. The highest BCUT2D eigenvalue weighted by Gasteiger charge is 2.36. The molecule has 8 aromatic rings. The van der Waals surface area contributed by atoms with Gasteiger partial charge < -0.3 is 4.90 Å². The summed E-state index contributed by atoms with van der Waals surface area (Å²) in [5.74, 6) is 4.67. The minimum Gasteiger partial charge on any atom is -0.310 e. The van der Waals surface area contributed by atoms with E-state index in [0.717, 1.165) is 125 Å². The molecule has 288 valence electrons. The molecule has 8 bridgehead atoms. The minimum absolute atomic E-state index is 0.577. The maximum atomic E-state index is 5.51. The van der Waals surface area contributed by atoms with E-state index in [9.17, 15) is 0 Å². The van der Waals surface area contributed by atoms with Crippen LogP contribution in [-0.2, 0) is 0 Å². The summed E-state index contributed by atoms with van der Waals surface area (Å²) in [6, 6.07) is 51.6. The van der Waals surface area contributed by atoms with Crippen LogP contribution in [0.3, 0.4) is 0 Å². The van der Waals surface area contributed by atoms with Crippen molar-refractivity contribution in [3.05, 3.63) is 190 Å².